The van der Waals surface area contributed by atoms with E-state index >= 15 is 0 Å². The minimum atomic E-state index is -0.194. The zero-order valence-corrected chi connectivity index (χ0v) is 12.0. The van der Waals surface area contributed by atoms with Gasteiger partial charge in [0.2, 0.25) is 0 Å². The minimum Gasteiger partial charge on any atom is -0.493 e. The van der Waals surface area contributed by atoms with Crippen molar-refractivity contribution in [2.75, 3.05) is 26.9 Å². The lowest BCUT2D eigenvalue weighted by Crippen LogP contribution is -2.41. The zero-order valence-electron chi connectivity index (χ0n) is 12.0. The van der Waals surface area contributed by atoms with Crippen molar-refractivity contribution >= 4 is 12.2 Å². The first kappa shape index (κ1) is 15.3. The maximum Gasteiger partial charge on any atom is 0.258 e. The van der Waals surface area contributed by atoms with Crippen LogP contribution in [-0.4, -0.2) is 45.2 Å². The molecule has 2 rings (SSSR count). The van der Waals surface area contributed by atoms with E-state index in [1.54, 1.807) is 18.2 Å². The van der Waals surface area contributed by atoms with Gasteiger partial charge in [-0.15, -0.1) is 0 Å². The summed E-state index contributed by atoms with van der Waals surface area (Å²) in [6.45, 7) is 1.22. The molecular weight excluding hydrogens is 274 g/mol. The molecule has 0 radical (unpaired) electrons. The average molecular weight is 293 g/mol. The lowest BCUT2D eigenvalue weighted by Gasteiger charge is -2.23. The molecule has 21 heavy (non-hydrogen) atoms. The Morgan fingerprint density at radius 1 is 1.38 bits per heavy atom. The molecule has 0 unspecified atom stereocenters. The molecule has 0 saturated carbocycles. The van der Waals surface area contributed by atoms with Crippen molar-refractivity contribution in [3.8, 4) is 11.5 Å². The molecule has 114 valence electrons. The lowest BCUT2D eigenvalue weighted by atomic mass is 10.1. The molecular formula is C15H19NO5. The van der Waals surface area contributed by atoms with Crippen molar-refractivity contribution < 1.29 is 23.8 Å². The summed E-state index contributed by atoms with van der Waals surface area (Å²) < 4.78 is 15.8. The molecule has 1 heterocycles. The van der Waals surface area contributed by atoms with Crippen LogP contribution in [0.15, 0.2) is 18.2 Å². The Kier molecular flexibility index (Phi) is 5.57. The number of nitrogens with one attached hydrogen (secondary N) is 1. The molecule has 0 spiro atoms. The van der Waals surface area contributed by atoms with Crippen LogP contribution in [-0.2, 0) is 9.53 Å². The summed E-state index contributed by atoms with van der Waals surface area (Å²) in [7, 11) is 1.50. The molecule has 6 heteroatoms. The van der Waals surface area contributed by atoms with E-state index < -0.39 is 0 Å². The van der Waals surface area contributed by atoms with E-state index in [2.05, 4.69) is 5.32 Å². The predicted molar refractivity (Wildman–Crippen MR) is 75.9 cm³/mol. The molecule has 1 aliphatic heterocycles. The molecule has 1 fully saturated rings. The lowest BCUT2D eigenvalue weighted by molar-refractivity contribution is -0.124. The molecule has 1 N–H and O–H groups in total. The van der Waals surface area contributed by atoms with E-state index in [1.807, 2.05) is 0 Å². The highest BCUT2D eigenvalue weighted by Crippen LogP contribution is 2.27. The van der Waals surface area contributed by atoms with Gasteiger partial charge in [-0.25, -0.2) is 0 Å². The van der Waals surface area contributed by atoms with Crippen molar-refractivity contribution in [1.29, 1.82) is 0 Å². The van der Waals surface area contributed by atoms with Crippen LogP contribution in [0.2, 0.25) is 0 Å². The highest BCUT2D eigenvalue weighted by atomic mass is 16.5. The van der Waals surface area contributed by atoms with Gasteiger partial charge in [-0.2, -0.15) is 0 Å². The van der Waals surface area contributed by atoms with E-state index in [4.69, 9.17) is 14.2 Å². The fourth-order valence-corrected chi connectivity index (χ4v) is 2.13. The van der Waals surface area contributed by atoms with Crippen LogP contribution in [0, 0.1) is 0 Å². The maximum atomic E-state index is 11.9. The third-order valence-electron chi connectivity index (χ3n) is 3.27. The summed E-state index contributed by atoms with van der Waals surface area (Å²) in [5, 5.41) is 2.90. The zero-order chi connectivity index (χ0) is 15.1. The van der Waals surface area contributed by atoms with E-state index in [9.17, 15) is 9.59 Å². The standard InChI is InChI=1S/C15H19NO5/c1-19-13-3-2-11(9-17)8-14(13)21-10-15(18)16-12-4-6-20-7-5-12/h2-3,8-9,12H,4-7,10H2,1H3,(H,16,18). The number of aldehydes is 1. The second kappa shape index (κ2) is 7.64. The fourth-order valence-electron chi connectivity index (χ4n) is 2.13. The molecule has 0 aliphatic carbocycles. The van der Waals surface area contributed by atoms with E-state index in [-0.39, 0.29) is 18.6 Å². The monoisotopic (exact) mass is 293 g/mol. The fraction of sp³-hybridized carbons (Fsp3) is 0.467. The van der Waals surface area contributed by atoms with Crippen molar-refractivity contribution in [3.63, 3.8) is 0 Å². The number of amides is 1. The Morgan fingerprint density at radius 2 is 2.14 bits per heavy atom. The Bertz CT molecular complexity index is 497. The molecule has 1 aliphatic rings. The van der Waals surface area contributed by atoms with E-state index in [0.717, 1.165) is 12.8 Å². The first-order valence-electron chi connectivity index (χ1n) is 6.86. The summed E-state index contributed by atoms with van der Waals surface area (Å²) in [5.41, 5.74) is 0.468. The van der Waals surface area contributed by atoms with Crippen molar-refractivity contribution in [2.45, 2.75) is 18.9 Å². The second-order valence-corrected chi connectivity index (χ2v) is 4.77. The Hall–Kier alpha value is -2.08. The van der Waals surface area contributed by atoms with Crippen LogP contribution >= 0.6 is 0 Å². The predicted octanol–water partition coefficient (Wildman–Crippen LogP) is 1.18. The molecule has 6 nitrogen and oxygen atoms in total. The summed E-state index contributed by atoms with van der Waals surface area (Å²) in [6, 6.07) is 4.95. The van der Waals surface area contributed by atoms with Crippen molar-refractivity contribution in [2.24, 2.45) is 0 Å². The molecule has 1 amide bonds. The van der Waals surface area contributed by atoms with Gasteiger partial charge < -0.3 is 19.5 Å². The van der Waals surface area contributed by atoms with Crippen molar-refractivity contribution in [1.82, 2.24) is 5.32 Å². The third kappa shape index (κ3) is 4.46. The molecule has 0 bridgehead atoms. The molecule has 0 atom stereocenters. The van der Waals surface area contributed by atoms with Crippen LogP contribution < -0.4 is 14.8 Å². The first-order valence-corrected chi connectivity index (χ1v) is 6.86. The smallest absolute Gasteiger partial charge is 0.258 e. The summed E-state index contributed by atoms with van der Waals surface area (Å²) >= 11 is 0. The van der Waals surface area contributed by atoms with Crippen LogP contribution in [0.3, 0.4) is 0 Å². The average Bonchev–Trinajstić information content (AvgIpc) is 2.53. The van der Waals surface area contributed by atoms with Gasteiger partial charge in [0, 0.05) is 24.8 Å². The number of ether oxygens (including phenoxy) is 3. The van der Waals surface area contributed by atoms with E-state index in [0.29, 0.717) is 36.6 Å². The number of rotatable bonds is 6. The van der Waals surface area contributed by atoms with Gasteiger partial charge in [0.25, 0.3) is 5.91 Å². The Morgan fingerprint density at radius 3 is 2.81 bits per heavy atom. The molecule has 0 aromatic heterocycles. The summed E-state index contributed by atoms with van der Waals surface area (Å²) in [6.07, 6.45) is 2.35. The topological polar surface area (TPSA) is 73.9 Å². The van der Waals surface area contributed by atoms with Gasteiger partial charge in [0.1, 0.15) is 6.29 Å². The first-order chi connectivity index (χ1) is 10.2. The maximum absolute atomic E-state index is 11.9. The van der Waals surface area contributed by atoms with Gasteiger partial charge in [0.15, 0.2) is 18.1 Å². The summed E-state index contributed by atoms with van der Waals surface area (Å²) in [4.78, 5) is 22.6. The van der Waals surface area contributed by atoms with Gasteiger partial charge in [-0.1, -0.05) is 0 Å². The van der Waals surface area contributed by atoms with Crippen LogP contribution in [0.25, 0.3) is 0 Å². The van der Waals surface area contributed by atoms with Gasteiger partial charge in [0.05, 0.1) is 7.11 Å². The van der Waals surface area contributed by atoms with Gasteiger partial charge in [-0.05, 0) is 31.0 Å². The number of hydrogen-bond acceptors (Lipinski definition) is 5. The van der Waals surface area contributed by atoms with Crippen molar-refractivity contribution in [3.05, 3.63) is 23.8 Å². The van der Waals surface area contributed by atoms with Gasteiger partial charge in [-0.3, -0.25) is 9.59 Å². The Labute approximate surface area is 123 Å². The SMILES string of the molecule is COc1ccc(C=O)cc1OCC(=O)NC1CCOCC1. The number of benzene rings is 1. The highest BCUT2D eigenvalue weighted by molar-refractivity contribution is 5.79. The number of hydrogen-bond donors (Lipinski definition) is 1. The third-order valence-corrected chi connectivity index (χ3v) is 3.27. The number of carbonyl (C=O) groups is 2. The van der Waals surface area contributed by atoms with Crippen LogP contribution in [0.5, 0.6) is 11.5 Å². The van der Waals surface area contributed by atoms with Gasteiger partial charge >= 0.3 is 0 Å². The highest BCUT2D eigenvalue weighted by Gasteiger charge is 2.16. The second-order valence-electron chi connectivity index (χ2n) is 4.77. The van der Waals surface area contributed by atoms with Crippen LogP contribution in [0.1, 0.15) is 23.2 Å². The largest absolute Gasteiger partial charge is 0.493 e. The normalized spacial score (nSPS) is 15.3. The quantitative estimate of drug-likeness (QED) is 0.797. The number of carbonyl (C=O) groups excluding carboxylic acids is 2. The molecule has 1 saturated heterocycles. The summed E-state index contributed by atoms with van der Waals surface area (Å²) in [5.74, 6) is 0.671. The molecule has 1 aromatic carbocycles. The number of methoxy groups -OCH3 is 1. The Balaban J connectivity index is 1.89. The van der Waals surface area contributed by atoms with Crippen LogP contribution in [0.4, 0.5) is 0 Å². The minimum absolute atomic E-state index is 0.115. The molecule has 1 aromatic rings. The van der Waals surface area contributed by atoms with E-state index in [1.165, 1.54) is 7.11 Å².